The van der Waals surface area contributed by atoms with E-state index in [1.165, 1.54) is 19.1 Å². The van der Waals surface area contributed by atoms with Crippen LogP contribution in [0.25, 0.3) is 0 Å². The van der Waals surface area contributed by atoms with E-state index in [0.717, 1.165) is 6.07 Å². The van der Waals surface area contributed by atoms with Gasteiger partial charge in [-0.1, -0.05) is 0 Å². The van der Waals surface area contributed by atoms with Gasteiger partial charge >= 0.3 is 0 Å². The summed E-state index contributed by atoms with van der Waals surface area (Å²) in [5.41, 5.74) is 0.129. The molecule has 64 valence electrons. The Hall–Kier alpha value is -1.51. The molecule has 1 rings (SSSR count). The average molecular weight is 169 g/mol. The molecule has 0 aliphatic rings. The second kappa shape index (κ2) is 3.26. The van der Waals surface area contributed by atoms with Gasteiger partial charge in [-0.15, -0.1) is 0 Å². The zero-order valence-electron chi connectivity index (χ0n) is 9.50. The van der Waals surface area contributed by atoms with Crippen molar-refractivity contribution in [1.29, 1.82) is 0 Å². The molecule has 0 saturated carbocycles. The van der Waals surface area contributed by atoms with Gasteiger partial charge in [0, 0.05) is 6.07 Å². The monoisotopic (exact) mass is 169 g/mol. The van der Waals surface area contributed by atoms with Gasteiger partial charge in [0.15, 0.2) is 5.78 Å². The van der Waals surface area contributed by atoms with Crippen LogP contribution < -0.4 is 4.74 Å². The molecule has 0 amide bonds. The number of rotatable bonds is 2. The normalized spacial score (nSPS) is 14.2. The number of hydrogen-bond acceptors (Lipinski definition) is 3. The summed E-state index contributed by atoms with van der Waals surface area (Å²) in [5.74, 6) is -0.615. The number of ether oxygens (including phenoxy) is 1. The third kappa shape index (κ3) is 1.56. The lowest BCUT2D eigenvalue weighted by atomic mass is 10.1. The molecular formula is C9H10O3. The average Bonchev–Trinajstić information content (AvgIpc) is 1.99. The van der Waals surface area contributed by atoms with Gasteiger partial charge in [-0.05, 0) is 19.1 Å². The van der Waals surface area contributed by atoms with Gasteiger partial charge in [0.05, 0.1) is 16.7 Å². The van der Waals surface area contributed by atoms with Gasteiger partial charge in [0.25, 0.3) is 0 Å². The molecule has 0 aliphatic carbocycles. The Kier molecular flexibility index (Phi) is 1.41. The van der Waals surface area contributed by atoms with Crippen molar-refractivity contribution in [1.82, 2.24) is 0 Å². The fraction of sp³-hybridized carbons (Fsp3) is 0.222. The zero-order chi connectivity index (χ0) is 11.6. The summed E-state index contributed by atoms with van der Waals surface area (Å²) < 4.78 is 25.3. The van der Waals surface area contributed by atoms with E-state index < -0.39 is 7.04 Å². The number of benzene rings is 1. The Morgan fingerprint density at radius 2 is 2.42 bits per heavy atom. The predicted octanol–water partition coefficient (Wildman–Crippen LogP) is 1.60. The summed E-state index contributed by atoms with van der Waals surface area (Å²) in [5, 5.41) is 9.14. The molecule has 0 bridgehead atoms. The number of ketones is 1. The summed E-state index contributed by atoms with van der Waals surface area (Å²) in [7, 11) is -2.64. The van der Waals surface area contributed by atoms with E-state index >= 15 is 0 Å². The molecule has 0 saturated heterocycles. The molecular weight excluding hydrogens is 156 g/mol. The highest BCUT2D eigenvalue weighted by molar-refractivity contribution is 5.96. The minimum absolute atomic E-state index is 0.129. The third-order valence-corrected chi connectivity index (χ3v) is 1.45. The number of hydrogen-bond donors (Lipinski definition) is 1. The molecule has 0 radical (unpaired) electrons. The number of methoxy groups -OCH3 is 1. The molecule has 3 heteroatoms. The van der Waals surface area contributed by atoms with Crippen molar-refractivity contribution in [3.63, 3.8) is 0 Å². The van der Waals surface area contributed by atoms with Gasteiger partial charge in [-0.3, -0.25) is 4.79 Å². The van der Waals surface area contributed by atoms with E-state index in [2.05, 4.69) is 4.74 Å². The summed E-state index contributed by atoms with van der Waals surface area (Å²) in [6.07, 6.45) is 0. The maximum absolute atomic E-state index is 11.1. The molecule has 12 heavy (non-hydrogen) atoms. The molecule has 0 spiro atoms. The molecule has 0 aliphatic heterocycles. The van der Waals surface area contributed by atoms with E-state index in [0.29, 0.717) is 0 Å². The second-order valence-electron chi connectivity index (χ2n) is 2.34. The third-order valence-electron chi connectivity index (χ3n) is 1.45. The number of carbonyl (C=O) groups is 1. The Labute approximate surface area is 74.8 Å². The number of phenols is 1. The maximum Gasteiger partial charge on any atom is 0.163 e. The van der Waals surface area contributed by atoms with Crippen LogP contribution in [0.1, 0.15) is 21.4 Å². The molecule has 0 atom stereocenters. The smallest absolute Gasteiger partial charge is 0.163 e. The highest BCUT2D eigenvalue weighted by Crippen LogP contribution is 2.23. The lowest BCUT2D eigenvalue weighted by Crippen LogP contribution is -1.96. The summed E-state index contributed by atoms with van der Waals surface area (Å²) in [6, 6.07) is 3.71. The van der Waals surface area contributed by atoms with Gasteiger partial charge in [-0.25, -0.2) is 0 Å². The van der Waals surface area contributed by atoms with Gasteiger partial charge < -0.3 is 9.84 Å². The van der Waals surface area contributed by atoms with E-state index in [-0.39, 0.29) is 22.8 Å². The highest BCUT2D eigenvalue weighted by Gasteiger charge is 2.07. The lowest BCUT2D eigenvalue weighted by molar-refractivity contribution is 0.101. The largest absolute Gasteiger partial charge is 0.508 e. The van der Waals surface area contributed by atoms with Crippen LogP contribution in [0.15, 0.2) is 18.2 Å². The number of Topliss-reactive ketones (excluding diaryl/α,β-unsaturated/α-hetero) is 1. The summed E-state index contributed by atoms with van der Waals surface area (Å²) in [4.78, 5) is 11.1. The van der Waals surface area contributed by atoms with Crippen molar-refractivity contribution >= 4 is 5.78 Å². The molecule has 0 aromatic heterocycles. The van der Waals surface area contributed by atoms with Crippen LogP contribution in [0.4, 0.5) is 0 Å². The summed E-state index contributed by atoms with van der Waals surface area (Å²) in [6.45, 7) is 1.29. The number of phenolic OH excluding ortho intramolecular Hbond substituents is 1. The fourth-order valence-electron chi connectivity index (χ4n) is 0.886. The van der Waals surface area contributed by atoms with Gasteiger partial charge in [0.2, 0.25) is 0 Å². The van der Waals surface area contributed by atoms with Crippen LogP contribution in [0.3, 0.4) is 0 Å². The second-order valence-corrected chi connectivity index (χ2v) is 2.34. The molecule has 1 N–H and O–H groups in total. The maximum atomic E-state index is 11.1. The highest BCUT2D eigenvalue weighted by atomic mass is 16.5. The number of aromatic hydroxyl groups is 1. The van der Waals surface area contributed by atoms with Crippen molar-refractivity contribution in [3.8, 4) is 11.5 Å². The number of carbonyl (C=O) groups excluding carboxylic acids is 1. The van der Waals surface area contributed by atoms with Crippen LogP contribution in [0.5, 0.6) is 11.5 Å². The quantitative estimate of drug-likeness (QED) is 0.684. The Morgan fingerprint density at radius 3 is 3.00 bits per heavy atom. The van der Waals surface area contributed by atoms with Crippen LogP contribution >= 0.6 is 0 Å². The fourth-order valence-corrected chi connectivity index (χ4v) is 0.886. The SMILES string of the molecule is [2H]C([2H])([2H])Oc1cc(O)ccc1C(C)=O. The first-order chi connectivity index (χ1) is 6.79. The van der Waals surface area contributed by atoms with Crippen LogP contribution in [0.2, 0.25) is 0 Å². The van der Waals surface area contributed by atoms with Crippen LogP contribution in [-0.2, 0) is 0 Å². The van der Waals surface area contributed by atoms with Crippen molar-refractivity contribution in [3.05, 3.63) is 23.8 Å². The molecule has 0 unspecified atom stereocenters. The molecule has 0 heterocycles. The zero-order valence-corrected chi connectivity index (χ0v) is 6.50. The van der Waals surface area contributed by atoms with Gasteiger partial charge in [-0.2, -0.15) is 0 Å². The van der Waals surface area contributed by atoms with Gasteiger partial charge in [0.1, 0.15) is 11.5 Å². The Bertz CT molecular complexity index is 385. The van der Waals surface area contributed by atoms with E-state index in [1.807, 2.05) is 0 Å². The first kappa shape index (κ1) is 5.19. The van der Waals surface area contributed by atoms with Crippen LogP contribution in [-0.4, -0.2) is 17.9 Å². The van der Waals surface area contributed by atoms with Crippen LogP contribution in [0, 0.1) is 0 Å². The standard InChI is InChI=1S/C9H10O3/c1-6(10)8-4-3-7(11)5-9(8)12-2/h3-5,11H,1-2H3/i2D3. The van der Waals surface area contributed by atoms with E-state index in [1.54, 1.807) is 0 Å². The Balaban J connectivity index is 3.13. The predicted molar refractivity (Wildman–Crippen MR) is 44.7 cm³/mol. The van der Waals surface area contributed by atoms with Crippen molar-refractivity contribution in [2.45, 2.75) is 6.92 Å². The Morgan fingerprint density at radius 1 is 1.67 bits per heavy atom. The molecule has 1 aromatic rings. The first-order valence-electron chi connectivity index (χ1n) is 4.82. The molecule has 1 aromatic carbocycles. The van der Waals surface area contributed by atoms with E-state index in [4.69, 9.17) is 9.22 Å². The topological polar surface area (TPSA) is 46.5 Å². The summed E-state index contributed by atoms with van der Waals surface area (Å²) >= 11 is 0. The first-order valence-corrected chi connectivity index (χ1v) is 3.32. The minimum atomic E-state index is -2.64. The van der Waals surface area contributed by atoms with Crippen molar-refractivity contribution in [2.75, 3.05) is 7.04 Å². The minimum Gasteiger partial charge on any atom is -0.508 e. The lowest BCUT2D eigenvalue weighted by Gasteiger charge is -2.04. The molecule has 0 fully saturated rings. The molecule has 3 nitrogen and oxygen atoms in total. The van der Waals surface area contributed by atoms with E-state index in [9.17, 15) is 4.79 Å². The van der Waals surface area contributed by atoms with Crippen molar-refractivity contribution in [2.24, 2.45) is 0 Å². The van der Waals surface area contributed by atoms with Crippen molar-refractivity contribution < 1.29 is 18.8 Å².